The normalized spacial score (nSPS) is 19.6. The quantitative estimate of drug-likeness (QED) is 0.830. The smallest absolute Gasteiger partial charge is 0.246 e. The van der Waals surface area contributed by atoms with Crippen molar-refractivity contribution in [3.8, 4) is 0 Å². The van der Waals surface area contributed by atoms with Crippen LogP contribution in [0.15, 0.2) is 0 Å². The average Bonchev–Trinajstić information content (AvgIpc) is 2.83. The third kappa shape index (κ3) is 2.54. The summed E-state index contributed by atoms with van der Waals surface area (Å²) < 4.78 is 1.82. The largest absolute Gasteiger partial charge is 0.389 e. The van der Waals surface area contributed by atoms with Crippen molar-refractivity contribution in [1.29, 1.82) is 0 Å². The van der Waals surface area contributed by atoms with Gasteiger partial charge in [-0.1, -0.05) is 0 Å². The number of hydrogen-bond donors (Lipinski definition) is 1. The number of amides is 1. The maximum Gasteiger partial charge on any atom is 0.246 e. The number of carbonyl (C=O) groups excluding carboxylic acids is 1. The Balaban J connectivity index is 1.93. The molecule has 1 aromatic rings. The number of aryl methyl sites for hydroxylation is 2. The van der Waals surface area contributed by atoms with Gasteiger partial charge >= 0.3 is 0 Å². The van der Waals surface area contributed by atoms with Crippen LogP contribution in [0.25, 0.3) is 0 Å². The van der Waals surface area contributed by atoms with Crippen molar-refractivity contribution in [2.75, 3.05) is 13.2 Å². The predicted octanol–water partition coefficient (Wildman–Crippen LogP) is 0.104. The van der Waals surface area contributed by atoms with Crippen LogP contribution < -0.4 is 0 Å². The summed E-state index contributed by atoms with van der Waals surface area (Å²) in [6, 6.07) is 0. The molecular formula is C12H19N3O3. The number of hydrogen-bond acceptors (Lipinski definition) is 4. The van der Waals surface area contributed by atoms with Gasteiger partial charge in [-0.2, -0.15) is 5.10 Å². The molecule has 1 aliphatic heterocycles. The highest BCUT2D eigenvalue weighted by atomic mass is 16.7. The van der Waals surface area contributed by atoms with Crippen molar-refractivity contribution in [1.82, 2.24) is 14.8 Å². The minimum atomic E-state index is -0.559. The molecule has 1 fully saturated rings. The number of nitrogens with zero attached hydrogens (tertiary/aromatic N) is 3. The molecule has 2 heterocycles. The zero-order valence-corrected chi connectivity index (χ0v) is 11.0. The van der Waals surface area contributed by atoms with Gasteiger partial charge in [-0.3, -0.25) is 14.3 Å². The molecule has 18 heavy (non-hydrogen) atoms. The van der Waals surface area contributed by atoms with E-state index in [-0.39, 0.29) is 19.1 Å². The van der Waals surface area contributed by atoms with E-state index in [0.29, 0.717) is 12.8 Å². The molecule has 0 spiro atoms. The highest BCUT2D eigenvalue weighted by Gasteiger charge is 2.26. The van der Waals surface area contributed by atoms with Crippen LogP contribution in [0.1, 0.15) is 23.4 Å². The molecule has 0 aliphatic carbocycles. The number of carbonyl (C=O) groups is 1. The molecule has 1 N–H and O–H groups in total. The first-order valence-corrected chi connectivity index (χ1v) is 6.09. The van der Waals surface area contributed by atoms with E-state index in [1.807, 2.05) is 25.6 Å². The molecule has 1 aromatic heterocycles. The molecule has 2 rings (SSSR count). The van der Waals surface area contributed by atoms with Crippen LogP contribution in [0.2, 0.25) is 0 Å². The zero-order chi connectivity index (χ0) is 13.3. The Morgan fingerprint density at radius 1 is 1.56 bits per heavy atom. The Hall–Kier alpha value is -1.40. The van der Waals surface area contributed by atoms with Crippen LogP contribution in [-0.2, 0) is 23.1 Å². The molecule has 1 saturated heterocycles. The van der Waals surface area contributed by atoms with Crippen molar-refractivity contribution >= 4 is 5.91 Å². The Bertz CT molecular complexity index is 456. The summed E-state index contributed by atoms with van der Waals surface area (Å²) in [5.41, 5.74) is 3.17. The summed E-state index contributed by atoms with van der Waals surface area (Å²) in [6.07, 6.45) is 0.469. The van der Waals surface area contributed by atoms with E-state index >= 15 is 0 Å². The molecule has 0 unspecified atom stereocenters. The van der Waals surface area contributed by atoms with Gasteiger partial charge in [0.05, 0.1) is 18.3 Å². The minimum Gasteiger partial charge on any atom is -0.389 e. The Morgan fingerprint density at radius 3 is 2.78 bits per heavy atom. The van der Waals surface area contributed by atoms with Gasteiger partial charge in [0.15, 0.2) is 0 Å². The molecule has 1 amide bonds. The molecule has 0 bridgehead atoms. The molecule has 6 nitrogen and oxygen atoms in total. The van der Waals surface area contributed by atoms with E-state index in [0.717, 1.165) is 17.0 Å². The lowest BCUT2D eigenvalue weighted by Crippen LogP contribution is -2.28. The highest BCUT2D eigenvalue weighted by Crippen LogP contribution is 2.16. The maximum absolute atomic E-state index is 11.9. The summed E-state index contributed by atoms with van der Waals surface area (Å²) >= 11 is 0. The van der Waals surface area contributed by atoms with Gasteiger partial charge in [0.25, 0.3) is 0 Å². The third-order valence-electron chi connectivity index (χ3n) is 3.33. The molecule has 100 valence electrons. The Morgan fingerprint density at radius 2 is 2.28 bits per heavy atom. The number of aliphatic hydroxyl groups excluding tert-OH is 1. The zero-order valence-electron chi connectivity index (χ0n) is 11.0. The molecule has 6 heteroatoms. The highest BCUT2D eigenvalue weighted by molar-refractivity contribution is 5.75. The SMILES string of the molecule is Cc1nn(C)c(C)c1CCC(=O)N1C[C@H](O)CO1. The number of β-amino-alcohol motifs (C(OH)–C–C–N with tert-alkyl or cyclic N) is 1. The van der Waals surface area contributed by atoms with E-state index < -0.39 is 6.10 Å². The van der Waals surface area contributed by atoms with Gasteiger partial charge in [-0.15, -0.1) is 0 Å². The maximum atomic E-state index is 11.9. The van der Waals surface area contributed by atoms with E-state index in [2.05, 4.69) is 5.10 Å². The van der Waals surface area contributed by atoms with Crippen molar-refractivity contribution < 1.29 is 14.7 Å². The van der Waals surface area contributed by atoms with Crippen LogP contribution in [-0.4, -0.2) is 45.1 Å². The van der Waals surface area contributed by atoms with E-state index in [1.54, 1.807) is 0 Å². The van der Waals surface area contributed by atoms with E-state index in [4.69, 9.17) is 4.84 Å². The number of rotatable bonds is 3. The van der Waals surface area contributed by atoms with Gasteiger partial charge in [-0.05, 0) is 25.8 Å². The molecule has 0 saturated carbocycles. The lowest BCUT2D eigenvalue weighted by atomic mass is 10.1. The van der Waals surface area contributed by atoms with Crippen LogP contribution in [0.3, 0.4) is 0 Å². The van der Waals surface area contributed by atoms with Gasteiger partial charge in [0, 0.05) is 19.2 Å². The summed E-state index contributed by atoms with van der Waals surface area (Å²) in [5, 5.41) is 14.9. The van der Waals surface area contributed by atoms with Gasteiger partial charge in [-0.25, -0.2) is 5.06 Å². The second-order valence-electron chi connectivity index (χ2n) is 4.68. The Kier molecular flexibility index (Phi) is 3.68. The summed E-state index contributed by atoms with van der Waals surface area (Å²) in [6.45, 7) is 4.42. The first kappa shape index (κ1) is 13.0. The monoisotopic (exact) mass is 253 g/mol. The van der Waals surface area contributed by atoms with Crippen LogP contribution in [0.4, 0.5) is 0 Å². The Labute approximate surface area is 106 Å². The molecule has 0 aromatic carbocycles. The topological polar surface area (TPSA) is 67.6 Å². The van der Waals surface area contributed by atoms with Crippen molar-refractivity contribution in [3.05, 3.63) is 17.0 Å². The first-order valence-electron chi connectivity index (χ1n) is 6.09. The van der Waals surface area contributed by atoms with Crippen molar-refractivity contribution in [2.45, 2.75) is 32.8 Å². The lowest BCUT2D eigenvalue weighted by molar-refractivity contribution is -0.168. The summed E-state index contributed by atoms with van der Waals surface area (Å²) in [5.74, 6) is -0.0887. The first-order chi connectivity index (χ1) is 8.49. The fourth-order valence-electron chi connectivity index (χ4n) is 2.18. The number of aliphatic hydroxyl groups is 1. The van der Waals surface area contributed by atoms with Crippen LogP contribution in [0, 0.1) is 13.8 Å². The van der Waals surface area contributed by atoms with Crippen LogP contribution >= 0.6 is 0 Å². The number of aromatic nitrogens is 2. The average molecular weight is 253 g/mol. The third-order valence-corrected chi connectivity index (χ3v) is 3.33. The minimum absolute atomic E-state index is 0.0887. The van der Waals surface area contributed by atoms with E-state index in [1.165, 1.54) is 5.06 Å². The fraction of sp³-hybridized carbons (Fsp3) is 0.667. The summed E-state index contributed by atoms with van der Waals surface area (Å²) in [7, 11) is 1.90. The van der Waals surface area contributed by atoms with Crippen molar-refractivity contribution in [2.24, 2.45) is 7.05 Å². The van der Waals surface area contributed by atoms with Gasteiger partial charge < -0.3 is 5.11 Å². The van der Waals surface area contributed by atoms with Gasteiger partial charge in [0.1, 0.15) is 6.61 Å². The summed E-state index contributed by atoms with van der Waals surface area (Å²) in [4.78, 5) is 17.0. The van der Waals surface area contributed by atoms with Crippen LogP contribution in [0.5, 0.6) is 0 Å². The standard InChI is InChI=1S/C12H19N3O3/c1-8-11(9(2)14(3)13-8)4-5-12(17)15-6-10(16)7-18-15/h10,16H,4-7H2,1-3H3/t10-/m0/s1. The molecule has 1 atom stereocenters. The van der Waals surface area contributed by atoms with E-state index in [9.17, 15) is 9.90 Å². The van der Waals surface area contributed by atoms with Gasteiger partial charge in [0.2, 0.25) is 5.91 Å². The fourth-order valence-corrected chi connectivity index (χ4v) is 2.18. The molecule has 1 aliphatic rings. The molecule has 0 radical (unpaired) electrons. The van der Waals surface area contributed by atoms with Crippen molar-refractivity contribution in [3.63, 3.8) is 0 Å². The second-order valence-corrected chi connectivity index (χ2v) is 4.68. The number of hydroxylamine groups is 2. The lowest BCUT2D eigenvalue weighted by Gasteiger charge is -2.13. The molecular weight excluding hydrogens is 234 g/mol. The predicted molar refractivity (Wildman–Crippen MR) is 64.7 cm³/mol. The second kappa shape index (κ2) is 5.07.